The van der Waals surface area contributed by atoms with Crippen molar-refractivity contribution in [3.8, 4) is 0 Å². The van der Waals surface area contributed by atoms with E-state index in [4.69, 9.17) is 26.3 Å². The molecule has 0 radical (unpaired) electrons. The van der Waals surface area contributed by atoms with Gasteiger partial charge in [0.1, 0.15) is 0 Å². The molecule has 78 valence electrons. The number of methoxy groups -OCH3 is 1. The van der Waals surface area contributed by atoms with E-state index in [2.05, 4.69) is 4.52 Å². The summed E-state index contributed by atoms with van der Waals surface area (Å²) in [5.74, 6) is 0.443. The van der Waals surface area contributed by atoms with Crippen molar-refractivity contribution in [3.05, 3.63) is 0 Å². The van der Waals surface area contributed by atoms with Gasteiger partial charge in [-0.3, -0.25) is 4.52 Å². The van der Waals surface area contributed by atoms with E-state index in [1.165, 1.54) is 7.11 Å². The van der Waals surface area contributed by atoms with Crippen LogP contribution in [0.4, 0.5) is 0 Å². The van der Waals surface area contributed by atoms with E-state index in [1.807, 2.05) is 0 Å². The van der Waals surface area contributed by atoms with Crippen molar-refractivity contribution in [1.29, 1.82) is 0 Å². The number of hydrogen-bond acceptors (Lipinski definition) is 3. The lowest BCUT2D eigenvalue weighted by Gasteiger charge is -2.03. The summed E-state index contributed by atoms with van der Waals surface area (Å²) in [7, 11) is 1.49. The fourth-order valence-electron chi connectivity index (χ4n) is 0.681. The molecule has 0 aliphatic rings. The van der Waals surface area contributed by atoms with Gasteiger partial charge >= 0.3 is 12.8 Å². The molecule has 0 aromatic rings. The molecule has 0 fully saturated rings. The smallest absolute Gasteiger partial charge is 0.421 e. The topological polar surface area (TPSA) is 81.3 Å². The van der Waals surface area contributed by atoms with E-state index in [9.17, 15) is 4.57 Å². The Bertz CT molecular complexity index is 205. The molecule has 0 bridgehead atoms. The highest BCUT2D eigenvalue weighted by atomic mass is 35.7. The summed E-state index contributed by atoms with van der Waals surface area (Å²) in [6, 6.07) is 0. The molecule has 0 aromatic heterocycles. The van der Waals surface area contributed by atoms with Crippen molar-refractivity contribution in [2.24, 2.45) is 0 Å². The molecule has 0 spiro atoms. The van der Waals surface area contributed by atoms with Crippen LogP contribution in [0.1, 0.15) is 19.3 Å². The molecule has 0 amide bonds. The molecule has 5 nitrogen and oxygen atoms in total. The Balaban J connectivity index is 3.27. The first-order chi connectivity index (χ1) is 5.95. The molecule has 0 heterocycles. The van der Waals surface area contributed by atoms with Gasteiger partial charge < -0.3 is 9.63 Å². The molecule has 0 saturated heterocycles. The van der Waals surface area contributed by atoms with Gasteiger partial charge in [-0.2, -0.15) is 0 Å². The monoisotopic (exact) mass is 230 g/mol. The van der Waals surface area contributed by atoms with Crippen molar-refractivity contribution in [2.45, 2.75) is 19.3 Å². The minimum absolute atomic E-state index is 0.147. The van der Waals surface area contributed by atoms with Gasteiger partial charge in [-0.25, -0.2) is 9.97 Å². The number of halogens is 1. The molecular weight excluding hydrogens is 216 g/mol. The van der Waals surface area contributed by atoms with Crippen LogP contribution in [0.2, 0.25) is 0 Å². The number of ether oxygens (including phenoxy) is 1. The summed E-state index contributed by atoms with van der Waals surface area (Å²) in [5, 5.41) is 5.36. The zero-order chi connectivity index (χ0) is 10.3. The van der Waals surface area contributed by atoms with E-state index in [0.717, 1.165) is 6.42 Å². The molecule has 0 aliphatic heterocycles. The van der Waals surface area contributed by atoms with E-state index in [0.29, 0.717) is 18.7 Å². The summed E-state index contributed by atoms with van der Waals surface area (Å²) in [6.07, 6.45) is 1.95. The van der Waals surface area contributed by atoms with E-state index < -0.39 is 6.95 Å². The lowest BCUT2D eigenvalue weighted by molar-refractivity contribution is -0.140. The van der Waals surface area contributed by atoms with Gasteiger partial charge in [-0.05, 0) is 12.8 Å². The fourth-order valence-corrected chi connectivity index (χ4v) is 1.24. The molecule has 0 rings (SSSR count). The third kappa shape index (κ3) is 9.83. The normalized spacial score (nSPS) is 15.0. The second-order valence-electron chi connectivity index (χ2n) is 2.41. The first kappa shape index (κ1) is 12.9. The van der Waals surface area contributed by atoms with Crippen molar-refractivity contribution in [1.82, 2.24) is 0 Å². The minimum atomic E-state index is -3.83. The summed E-state index contributed by atoms with van der Waals surface area (Å²) in [4.78, 5) is 8.52. The van der Waals surface area contributed by atoms with E-state index in [-0.39, 0.29) is 6.61 Å². The number of hydrogen-bond donors (Lipinski definition) is 2. The van der Waals surface area contributed by atoms with Gasteiger partial charge in [0, 0.05) is 11.2 Å². The van der Waals surface area contributed by atoms with E-state index in [1.54, 1.807) is 0 Å². The minimum Gasteiger partial charge on any atom is -0.451 e. The van der Waals surface area contributed by atoms with Crippen LogP contribution in [0.15, 0.2) is 0 Å². The summed E-state index contributed by atoms with van der Waals surface area (Å²) in [5.41, 5.74) is 0. The molecule has 1 atom stereocenters. The summed E-state index contributed by atoms with van der Waals surface area (Å²) < 4.78 is 19.6. The number of rotatable bonds is 6. The summed E-state index contributed by atoms with van der Waals surface area (Å²) >= 11 is 4.94. The average Bonchev–Trinajstić information content (AvgIpc) is 2.01. The molecule has 1 unspecified atom stereocenters. The van der Waals surface area contributed by atoms with Crippen LogP contribution in [-0.2, 0) is 13.8 Å². The van der Waals surface area contributed by atoms with Gasteiger partial charge in [0.15, 0.2) is 0 Å². The highest BCUT2D eigenvalue weighted by Gasteiger charge is 2.12. The van der Waals surface area contributed by atoms with E-state index >= 15 is 0 Å². The molecular formula is C6H14ClNO4P+. The van der Waals surface area contributed by atoms with Crippen LogP contribution < -0.4 is 5.41 Å². The SMILES string of the molecule is COC(=[NH2+])CCCCOP(=O)(O)Cl. The van der Waals surface area contributed by atoms with Crippen LogP contribution in [-0.4, -0.2) is 24.5 Å². The lowest BCUT2D eigenvalue weighted by atomic mass is 10.2. The maximum Gasteiger partial charge on any atom is 0.421 e. The second-order valence-corrected chi connectivity index (χ2v) is 4.85. The zero-order valence-electron chi connectivity index (χ0n) is 7.40. The quantitative estimate of drug-likeness (QED) is 0.298. The zero-order valence-corrected chi connectivity index (χ0v) is 9.05. The Morgan fingerprint density at radius 2 is 2.23 bits per heavy atom. The van der Waals surface area contributed by atoms with Crippen LogP contribution in [0, 0.1) is 0 Å². The van der Waals surface area contributed by atoms with Gasteiger partial charge in [-0.1, -0.05) is 0 Å². The predicted molar refractivity (Wildman–Crippen MR) is 49.4 cm³/mol. The van der Waals surface area contributed by atoms with Crippen molar-refractivity contribution >= 4 is 24.1 Å². The van der Waals surface area contributed by atoms with Gasteiger partial charge in [0.25, 0.3) is 0 Å². The highest BCUT2D eigenvalue weighted by molar-refractivity contribution is 7.80. The lowest BCUT2D eigenvalue weighted by Crippen LogP contribution is -2.40. The standard InChI is InChI=1S/C6H13ClNO4P/c1-11-6(8)4-2-3-5-12-13(7,9)10/h8H,2-5H2,1H3,(H,9,10)/p+1. The highest BCUT2D eigenvalue weighted by Crippen LogP contribution is 2.47. The summed E-state index contributed by atoms with van der Waals surface area (Å²) in [6.45, 7) is -3.69. The molecule has 0 saturated carbocycles. The largest absolute Gasteiger partial charge is 0.451 e. The van der Waals surface area contributed by atoms with Crippen LogP contribution in [0.25, 0.3) is 0 Å². The Labute approximate surface area is 81.8 Å². The number of nitrogens with two attached hydrogens (primary N) is 1. The third-order valence-electron chi connectivity index (χ3n) is 1.33. The Morgan fingerprint density at radius 1 is 1.62 bits per heavy atom. The first-order valence-electron chi connectivity index (χ1n) is 3.78. The van der Waals surface area contributed by atoms with Crippen molar-refractivity contribution < 1.29 is 24.1 Å². The van der Waals surface area contributed by atoms with Gasteiger partial charge in [-0.15, -0.1) is 0 Å². The Morgan fingerprint density at radius 3 is 2.69 bits per heavy atom. The molecule has 3 N–H and O–H groups in total. The predicted octanol–water partition coefficient (Wildman–Crippen LogP) is 0.316. The maximum atomic E-state index is 10.4. The molecule has 7 heteroatoms. The van der Waals surface area contributed by atoms with Crippen molar-refractivity contribution in [3.63, 3.8) is 0 Å². The van der Waals surface area contributed by atoms with Crippen LogP contribution in [0.5, 0.6) is 0 Å². The van der Waals surface area contributed by atoms with Gasteiger partial charge in [0.05, 0.1) is 20.1 Å². The first-order valence-corrected chi connectivity index (χ1v) is 6.26. The maximum absolute atomic E-state index is 10.4. The molecule has 0 aliphatic carbocycles. The Kier molecular flexibility index (Phi) is 6.33. The van der Waals surface area contributed by atoms with Crippen LogP contribution >= 0.6 is 18.2 Å². The van der Waals surface area contributed by atoms with Crippen LogP contribution in [0.3, 0.4) is 0 Å². The average molecular weight is 231 g/mol. The molecule has 13 heavy (non-hydrogen) atoms. The van der Waals surface area contributed by atoms with Gasteiger partial charge in [0.2, 0.25) is 0 Å². The molecule has 0 aromatic carbocycles. The second kappa shape index (κ2) is 6.38. The fraction of sp³-hybridized carbons (Fsp3) is 0.833. The Hall–Kier alpha value is -0.0900. The third-order valence-corrected chi connectivity index (χ3v) is 2.12. The van der Waals surface area contributed by atoms with Crippen molar-refractivity contribution in [2.75, 3.05) is 13.7 Å². The number of unbranched alkanes of at least 4 members (excludes halogenated alkanes) is 1.